The molecule has 36 heavy (non-hydrogen) atoms. The number of hydrogen-bond acceptors (Lipinski definition) is 5. The Morgan fingerprint density at radius 3 is 2.22 bits per heavy atom. The number of nitrogen functional groups attached to an aromatic ring is 1. The van der Waals surface area contributed by atoms with Crippen molar-refractivity contribution in [1.82, 2.24) is 5.32 Å². The van der Waals surface area contributed by atoms with Gasteiger partial charge in [0, 0.05) is 38.5 Å². The Kier molecular flexibility index (Phi) is 8.26. The lowest BCUT2D eigenvalue weighted by Gasteiger charge is -2.40. The molecule has 0 bridgehead atoms. The van der Waals surface area contributed by atoms with E-state index in [0.29, 0.717) is 30.8 Å². The highest BCUT2D eigenvalue weighted by Gasteiger charge is 2.54. The molecule has 1 amide bonds. The fraction of sp³-hybridized carbons (Fsp3) is 0.708. The number of nitrogens with zero attached hydrogens (tertiary/aromatic N) is 1. The summed E-state index contributed by atoms with van der Waals surface area (Å²) in [5.41, 5.74) is 4.70. The second-order valence-corrected chi connectivity index (χ2v) is 9.92. The number of amides is 1. The van der Waals surface area contributed by atoms with Crippen molar-refractivity contribution >= 4 is 23.0 Å². The van der Waals surface area contributed by atoms with Crippen molar-refractivity contribution in [2.24, 2.45) is 11.8 Å². The second kappa shape index (κ2) is 10.5. The maximum absolute atomic E-state index is 13.3. The van der Waals surface area contributed by atoms with Gasteiger partial charge in [0.15, 0.2) is 5.60 Å². The van der Waals surface area contributed by atoms with Crippen LogP contribution in [0, 0.1) is 11.8 Å². The average molecular weight is 525 g/mol. The average Bonchev–Trinajstić information content (AvgIpc) is 2.79. The van der Waals surface area contributed by atoms with E-state index in [0.717, 1.165) is 0 Å². The number of nitrogens with one attached hydrogen (secondary N) is 2. The fourth-order valence-electron chi connectivity index (χ4n) is 5.14. The maximum Gasteiger partial charge on any atom is 0.417 e. The smallest absolute Gasteiger partial charge is 0.397 e. The van der Waals surface area contributed by atoms with Gasteiger partial charge in [-0.3, -0.25) is 4.79 Å². The summed E-state index contributed by atoms with van der Waals surface area (Å²) in [5, 5.41) is 16.0. The number of carbonyl (C=O) groups is 1. The van der Waals surface area contributed by atoms with E-state index >= 15 is 0 Å². The van der Waals surface area contributed by atoms with Crippen LogP contribution < -0.4 is 21.3 Å². The summed E-state index contributed by atoms with van der Waals surface area (Å²) in [7, 11) is 0. The molecule has 1 aromatic rings. The lowest BCUT2D eigenvalue weighted by atomic mass is 9.78. The third-order valence-corrected chi connectivity index (χ3v) is 7.54. The summed E-state index contributed by atoms with van der Waals surface area (Å²) < 4.78 is 78.8. The van der Waals surface area contributed by atoms with Crippen LogP contribution in [0.15, 0.2) is 12.1 Å². The van der Waals surface area contributed by atoms with Gasteiger partial charge in [-0.25, -0.2) is 0 Å². The summed E-state index contributed by atoms with van der Waals surface area (Å²) in [4.78, 5) is 14.9. The largest absolute Gasteiger partial charge is 0.417 e. The van der Waals surface area contributed by atoms with Crippen molar-refractivity contribution in [3.05, 3.63) is 17.7 Å². The summed E-state index contributed by atoms with van der Waals surface area (Å²) in [6, 6.07) is 2.68. The molecule has 5 N–H and O–H groups in total. The van der Waals surface area contributed by atoms with Crippen molar-refractivity contribution in [1.29, 1.82) is 0 Å². The molecular formula is C24H34F6N4O2. The molecule has 1 aliphatic carbocycles. The highest BCUT2D eigenvalue weighted by Crippen LogP contribution is 2.42. The number of rotatable bonds is 6. The highest BCUT2D eigenvalue weighted by atomic mass is 19.4. The molecule has 0 radical (unpaired) electrons. The molecule has 1 atom stereocenters. The number of aliphatic hydroxyl groups is 1. The van der Waals surface area contributed by atoms with Crippen LogP contribution >= 0.6 is 0 Å². The van der Waals surface area contributed by atoms with Gasteiger partial charge in [-0.1, -0.05) is 0 Å². The van der Waals surface area contributed by atoms with Crippen LogP contribution in [0.5, 0.6) is 0 Å². The number of piperidine rings is 1. The SMILES string of the molecule is CCNc1cc(N2CCC(O)(C(F)(F)F)CC2)c(C(=O)N[C@H](C)C2CCC(C(F)(F)F)CC2)cc1N. The van der Waals surface area contributed by atoms with E-state index in [1.54, 1.807) is 17.9 Å². The second-order valence-electron chi connectivity index (χ2n) is 9.92. The van der Waals surface area contributed by atoms with E-state index in [-0.39, 0.29) is 43.1 Å². The van der Waals surface area contributed by atoms with Crippen LogP contribution in [0.1, 0.15) is 62.7 Å². The van der Waals surface area contributed by atoms with Gasteiger partial charge >= 0.3 is 12.4 Å². The molecule has 1 saturated carbocycles. The first-order valence-corrected chi connectivity index (χ1v) is 12.2. The summed E-state index contributed by atoms with van der Waals surface area (Å²) >= 11 is 0. The van der Waals surface area contributed by atoms with Gasteiger partial charge in [0.05, 0.1) is 28.5 Å². The van der Waals surface area contributed by atoms with E-state index in [9.17, 15) is 36.2 Å². The molecule has 1 aliphatic heterocycles. The van der Waals surface area contributed by atoms with E-state index in [2.05, 4.69) is 10.6 Å². The number of hydrogen-bond donors (Lipinski definition) is 4. The topological polar surface area (TPSA) is 90.6 Å². The van der Waals surface area contributed by atoms with Crippen LogP contribution in [-0.2, 0) is 0 Å². The van der Waals surface area contributed by atoms with Gasteiger partial charge in [0.2, 0.25) is 0 Å². The minimum Gasteiger partial charge on any atom is -0.397 e. The van der Waals surface area contributed by atoms with Crippen molar-refractivity contribution in [2.45, 2.75) is 76.4 Å². The van der Waals surface area contributed by atoms with Crippen molar-refractivity contribution < 1.29 is 36.2 Å². The Balaban J connectivity index is 1.78. The molecule has 0 spiro atoms. The quantitative estimate of drug-likeness (QED) is 0.308. The molecule has 1 heterocycles. The summed E-state index contributed by atoms with van der Waals surface area (Å²) in [6.45, 7) is 3.88. The number of nitrogens with two attached hydrogens (primary N) is 1. The molecule has 1 aromatic carbocycles. The molecule has 0 aromatic heterocycles. The van der Waals surface area contributed by atoms with Gasteiger partial charge < -0.3 is 26.4 Å². The minimum atomic E-state index is -4.75. The molecule has 3 rings (SSSR count). The highest BCUT2D eigenvalue weighted by molar-refractivity contribution is 6.02. The Bertz CT molecular complexity index is 920. The zero-order valence-electron chi connectivity index (χ0n) is 20.4. The first-order chi connectivity index (χ1) is 16.7. The predicted molar refractivity (Wildman–Crippen MR) is 126 cm³/mol. The first kappa shape index (κ1) is 28.2. The standard InChI is InChI=1S/C24H34F6N4O2/c1-3-32-19-13-20(34-10-8-22(36,9-11-34)24(28,29)30)17(12-18(19)31)21(35)33-14(2)15-4-6-16(7-5-15)23(25,26)27/h12-16,32,36H,3-11,31H2,1-2H3,(H,33,35)/t14-,15?,16?/m1/s1. The Morgan fingerprint density at radius 2 is 1.72 bits per heavy atom. The third-order valence-electron chi connectivity index (χ3n) is 7.54. The molecule has 1 saturated heterocycles. The monoisotopic (exact) mass is 524 g/mol. The Hall–Kier alpha value is -2.37. The molecule has 6 nitrogen and oxygen atoms in total. The summed E-state index contributed by atoms with van der Waals surface area (Å²) in [5.74, 6) is -1.94. The van der Waals surface area contributed by atoms with Crippen LogP contribution in [0.4, 0.5) is 43.4 Å². The molecule has 0 unspecified atom stereocenters. The van der Waals surface area contributed by atoms with Crippen molar-refractivity contribution in [3.8, 4) is 0 Å². The fourth-order valence-corrected chi connectivity index (χ4v) is 5.14. The van der Waals surface area contributed by atoms with Crippen LogP contribution in [-0.4, -0.2) is 54.6 Å². The number of carbonyl (C=O) groups excluding carboxylic acids is 1. The van der Waals surface area contributed by atoms with Gasteiger partial charge in [0.1, 0.15) is 0 Å². The Morgan fingerprint density at radius 1 is 1.14 bits per heavy atom. The van der Waals surface area contributed by atoms with Crippen molar-refractivity contribution in [3.63, 3.8) is 0 Å². The van der Waals surface area contributed by atoms with Crippen molar-refractivity contribution in [2.75, 3.05) is 35.6 Å². The number of halogens is 6. The predicted octanol–water partition coefficient (Wildman–Crippen LogP) is 5.08. The number of benzene rings is 1. The third kappa shape index (κ3) is 6.12. The summed E-state index contributed by atoms with van der Waals surface area (Å²) in [6.07, 6.45) is -9.36. The van der Waals surface area contributed by atoms with E-state index in [1.165, 1.54) is 6.07 Å². The molecule has 204 valence electrons. The number of anilines is 3. The molecule has 2 aliphatic rings. The van der Waals surface area contributed by atoms with Crippen LogP contribution in [0.3, 0.4) is 0 Å². The molecular weight excluding hydrogens is 490 g/mol. The maximum atomic E-state index is 13.3. The number of alkyl halides is 6. The van der Waals surface area contributed by atoms with Gasteiger partial charge in [-0.2, -0.15) is 26.3 Å². The van der Waals surface area contributed by atoms with Crippen LogP contribution in [0.25, 0.3) is 0 Å². The lowest BCUT2D eigenvalue weighted by molar-refractivity contribution is -0.266. The lowest BCUT2D eigenvalue weighted by Crippen LogP contribution is -2.53. The van der Waals surface area contributed by atoms with E-state index in [1.807, 2.05) is 6.92 Å². The first-order valence-electron chi connectivity index (χ1n) is 12.2. The van der Waals surface area contributed by atoms with Crippen LogP contribution in [0.2, 0.25) is 0 Å². The minimum absolute atomic E-state index is 0.0137. The van der Waals surface area contributed by atoms with E-state index in [4.69, 9.17) is 5.73 Å². The van der Waals surface area contributed by atoms with Gasteiger partial charge in [0.25, 0.3) is 5.91 Å². The van der Waals surface area contributed by atoms with Gasteiger partial charge in [-0.15, -0.1) is 0 Å². The van der Waals surface area contributed by atoms with Gasteiger partial charge in [-0.05, 0) is 57.6 Å². The zero-order chi connectivity index (χ0) is 26.9. The molecule has 2 fully saturated rings. The normalized spacial score (nSPS) is 23.8. The zero-order valence-corrected chi connectivity index (χ0v) is 20.4. The Labute approximate surface area is 206 Å². The molecule has 12 heteroatoms. The van der Waals surface area contributed by atoms with E-state index < -0.39 is 48.7 Å².